The van der Waals surface area contributed by atoms with Crippen LogP contribution in [0.4, 0.5) is 0 Å². The first-order valence-corrected chi connectivity index (χ1v) is 9.60. The molecule has 0 N–H and O–H groups in total. The zero-order chi connectivity index (χ0) is 19.8. The lowest BCUT2D eigenvalue weighted by atomic mass is 9.84. The van der Waals surface area contributed by atoms with Crippen LogP contribution in [0.25, 0.3) is 0 Å². The summed E-state index contributed by atoms with van der Waals surface area (Å²) in [5, 5.41) is 0. The van der Waals surface area contributed by atoms with Crippen LogP contribution < -0.4 is 4.74 Å². The SMILES string of the molecule is CC(C)(C)c1ccc(C(=O)c2cc(C(C)(C)C)ccc2OCC2CO2)cc1. The Morgan fingerprint density at radius 2 is 1.52 bits per heavy atom. The Labute approximate surface area is 162 Å². The number of benzene rings is 2. The van der Waals surface area contributed by atoms with E-state index < -0.39 is 0 Å². The molecular formula is C24H30O3. The summed E-state index contributed by atoms with van der Waals surface area (Å²) in [6.07, 6.45) is 0.154. The molecule has 1 fully saturated rings. The van der Waals surface area contributed by atoms with Crippen LogP contribution in [0.3, 0.4) is 0 Å². The number of hydrogen-bond donors (Lipinski definition) is 0. The summed E-state index contributed by atoms with van der Waals surface area (Å²) in [5.41, 5.74) is 3.65. The molecule has 27 heavy (non-hydrogen) atoms. The highest BCUT2D eigenvalue weighted by Crippen LogP contribution is 2.31. The molecule has 2 aromatic carbocycles. The van der Waals surface area contributed by atoms with E-state index in [0.717, 1.165) is 12.2 Å². The van der Waals surface area contributed by atoms with Crippen molar-refractivity contribution in [3.63, 3.8) is 0 Å². The van der Waals surface area contributed by atoms with Gasteiger partial charge in [0.2, 0.25) is 0 Å². The van der Waals surface area contributed by atoms with E-state index in [1.807, 2.05) is 42.5 Å². The zero-order valence-corrected chi connectivity index (χ0v) is 17.3. The van der Waals surface area contributed by atoms with Crippen molar-refractivity contribution >= 4 is 5.78 Å². The largest absolute Gasteiger partial charge is 0.490 e. The van der Waals surface area contributed by atoms with Gasteiger partial charge in [0.15, 0.2) is 5.78 Å². The molecule has 3 heteroatoms. The molecule has 0 aromatic heterocycles. The Hall–Kier alpha value is -2.13. The third-order valence-corrected chi connectivity index (χ3v) is 4.93. The molecule has 1 atom stereocenters. The molecule has 0 amide bonds. The van der Waals surface area contributed by atoms with Crippen molar-refractivity contribution < 1.29 is 14.3 Å². The molecule has 1 heterocycles. The van der Waals surface area contributed by atoms with Gasteiger partial charge in [-0.3, -0.25) is 4.79 Å². The molecule has 3 nitrogen and oxygen atoms in total. The lowest BCUT2D eigenvalue weighted by molar-refractivity contribution is 0.103. The molecule has 1 unspecified atom stereocenters. The molecule has 0 aliphatic carbocycles. The van der Waals surface area contributed by atoms with Gasteiger partial charge >= 0.3 is 0 Å². The van der Waals surface area contributed by atoms with Gasteiger partial charge < -0.3 is 9.47 Å². The van der Waals surface area contributed by atoms with Crippen molar-refractivity contribution in [2.24, 2.45) is 0 Å². The fourth-order valence-corrected chi connectivity index (χ4v) is 2.92. The molecule has 1 aliphatic heterocycles. The number of epoxide rings is 1. The number of hydrogen-bond acceptors (Lipinski definition) is 3. The second-order valence-electron chi connectivity index (χ2n) is 9.38. The first-order valence-electron chi connectivity index (χ1n) is 9.60. The first-order chi connectivity index (χ1) is 12.6. The maximum atomic E-state index is 13.3. The molecule has 3 rings (SSSR count). The Balaban J connectivity index is 1.94. The minimum Gasteiger partial charge on any atom is -0.490 e. The van der Waals surface area contributed by atoms with Crippen LogP contribution in [0.15, 0.2) is 42.5 Å². The summed E-state index contributed by atoms with van der Waals surface area (Å²) >= 11 is 0. The van der Waals surface area contributed by atoms with E-state index in [0.29, 0.717) is 23.5 Å². The number of ketones is 1. The Morgan fingerprint density at radius 3 is 2.04 bits per heavy atom. The van der Waals surface area contributed by atoms with E-state index in [4.69, 9.17) is 9.47 Å². The summed E-state index contributed by atoms with van der Waals surface area (Å²) in [7, 11) is 0. The zero-order valence-electron chi connectivity index (χ0n) is 17.3. The highest BCUT2D eigenvalue weighted by Gasteiger charge is 2.26. The van der Waals surface area contributed by atoms with Crippen LogP contribution >= 0.6 is 0 Å². The lowest BCUT2D eigenvalue weighted by Gasteiger charge is -2.21. The van der Waals surface area contributed by atoms with Crippen molar-refractivity contribution in [3.8, 4) is 5.75 Å². The predicted octanol–water partition coefficient (Wildman–Crippen LogP) is 5.29. The highest BCUT2D eigenvalue weighted by atomic mass is 16.6. The topological polar surface area (TPSA) is 38.8 Å². The van der Waals surface area contributed by atoms with Crippen LogP contribution in [0.1, 0.15) is 68.6 Å². The molecule has 144 valence electrons. The van der Waals surface area contributed by atoms with Crippen LogP contribution in [0.2, 0.25) is 0 Å². The summed E-state index contributed by atoms with van der Waals surface area (Å²) in [5.74, 6) is 0.622. The van der Waals surface area contributed by atoms with Gasteiger partial charge in [-0.15, -0.1) is 0 Å². The van der Waals surface area contributed by atoms with Gasteiger partial charge in [0.25, 0.3) is 0 Å². The number of ether oxygens (including phenoxy) is 2. The van der Waals surface area contributed by atoms with Gasteiger partial charge in [-0.2, -0.15) is 0 Å². The smallest absolute Gasteiger partial charge is 0.196 e. The predicted molar refractivity (Wildman–Crippen MR) is 109 cm³/mol. The summed E-state index contributed by atoms with van der Waals surface area (Å²) in [4.78, 5) is 13.3. The van der Waals surface area contributed by atoms with Gasteiger partial charge in [0, 0.05) is 5.56 Å². The minimum absolute atomic E-state index is 0.00623. The van der Waals surface area contributed by atoms with Crippen molar-refractivity contribution in [2.75, 3.05) is 13.2 Å². The highest BCUT2D eigenvalue weighted by molar-refractivity contribution is 6.10. The molecule has 2 aromatic rings. The van der Waals surface area contributed by atoms with Crippen LogP contribution in [-0.2, 0) is 15.6 Å². The summed E-state index contributed by atoms with van der Waals surface area (Å²) in [6.45, 7) is 14.2. The summed E-state index contributed by atoms with van der Waals surface area (Å²) < 4.78 is 11.1. The van der Waals surface area contributed by atoms with E-state index in [2.05, 4.69) is 41.5 Å². The van der Waals surface area contributed by atoms with E-state index in [9.17, 15) is 4.79 Å². The van der Waals surface area contributed by atoms with Gasteiger partial charge in [-0.05, 0) is 34.1 Å². The van der Waals surface area contributed by atoms with E-state index in [1.165, 1.54) is 5.56 Å². The quantitative estimate of drug-likeness (QED) is 0.533. The minimum atomic E-state index is -0.0384. The Kier molecular flexibility index (Phi) is 5.18. The van der Waals surface area contributed by atoms with Crippen LogP contribution in [0, 0.1) is 0 Å². The Morgan fingerprint density at radius 1 is 0.963 bits per heavy atom. The molecule has 0 spiro atoms. The molecule has 1 aliphatic rings. The maximum Gasteiger partial charge on any atom is 0.196 e. The van der Waals surface area contributed by atoms with Crippen LogP contribution in [0.5, 0.6) is 5.75 Å². The molecule has 1 saturated heterocycles. The second-order valence-corrected chi connectivity index (χ2v) is 9.38. The average Bonchev–Trinajstić information content (AvgIpc) is 3.42. The third kappa shape index (κ3) is 4.78. The van der Waals surface area contributed by atoms with Gasteiger partial charge in [0.05, 0.1) is 12.2 Å². The van der Waals surface area contributed by atoms with E-state index >= 15 is 0 Å². The lowest BCUT2D eigenvalue weighted by Crippen LogP contribution is -2.15. The van der Waals surface area contributed by atoms with Crippen molar-refractivity contribution in [1.29, 1.82) is 0 Å². The van der Waals surface area contributed by atoms with Crippen LogP contribution in [-0.4, -0.2) is 25.1 Å². The van der Waals surface area contributed by atoms with Gasteiger partial charge in [0.1, 0.15) is 18.5 Å². The van der Waals surface area contributed by atoms with Crippen molar-refractivity contribution in [3.05, 3.63) is 64.7 Å². The summed E-state index contributed by atoms with van der Waals surface area (Å²) in [6, 6.07) is 13.9. The fraction of sp³-hybridized carbons (Fsp3) is 0.458. The molecular weight excluding hydrogens is 336 g/mol. The number of carbonyl (C=O) groups excluding carboxylic acids is 1. The number of rotatable bonds is 5. The van der Waals surface area contributed by atoms with Crippen molar-refractivity contribution in [2.45, 2.75) is 58.5 Å². The van der Waals surface area contributed by atoms with Gasteiger partial charge in [-0.25, -0.2) is 0 Å². The standard InChI is InChI=1S/C24H30O3/c1-23(2,3)17-9-7-16(8-10-17)22(25)20-13-18(24(4,5)6)11-12-21(20)27-15-19-14-26-19/h7-13,19H,14-15H2,1-6H3. The van der Waals surface area contributed by atoms with E-state index in [1.54, 1.807) is 0 Å². The molecule has 0 bridgehead atoms. The number of carbonyl (C=O) groups is 1. The third-order valence-electron chi connectivity index (χ3n) is 4.93. The van der Waals surface area contributed by atoms with Gasteiger partial charge in [-0.1, -0.05) is 71.9 Å². The first kappa shape index (κ1) is 19.6. The average molecular weight is 367 g/mol. The second kappa shape index (κ2) is 7.12. The molecule has 0 saturated carbocycles. The maximum absolute atomic E-state index is 13.3. The van der Waals surface area contributed by atoms with Crippen molar-refractivity contribution in [1.82, 2.24) is 0 Å². The Bertz CT molecular complexity index is 816. The molecule has 0 radical (unpaired) electrons. The normalized spacial score (nSPS) is 16.9. The van der Waals surface area contributed by atoms with E-state index in [-0.39, 0.29) is 22.7 Å². The fourth-order valence-electron chi connectivity index (χ4n) is 2.92. The monoisotopic (exact) mass is 366 g/mol.